The van der Waals surface area contributed by atoms with E-state index in [0.717, 1.165) is 65.0 Å². The van der Waals surface area contributed by atoms with Gasteiger partial charge in [-0.25, -0.2) is 9.59 Å². The number of amides is 2. The molecule has 0 N–H and O–H groups in total. The molecule has 1 spiro atoms. The zero-order valence-electron chi connectivity index (χ0n) is 20.4. The van der Waals surface area contributed by atoms with Crippen molar-refractivity contribution in [1.82, 2.24) is 14.7 Å². The molecule has 3 aliphatic rings. The molecule has 0 saturated carbocycles. The molecule has 33 heavy (non-hydrogen) atoms. The lowest BCUT2D eigenvalue weighted by molar-refractivity contribution is 0.0451. The number of benzene rings is 1. The smallest absolute Gasteiger partial charge is 0.410 e. The minimum atomic E-state index is -0.199. The van der Waals surface area contributed by atoms with Crippen LogP contribution in [-0.4, -0.2) is 78.9 Å². The highest BCUT2D eigenvalue weighted by Crippen LogP contribution is 2.42. The van der Waals surface area contributed by atoms with Gasteiger partial charge in [-0.1, -0.05) is 24.3 Å². The zero-order valence-corrected chi connectivity index (χ0v) is 20.4. The van der Waals surface area contributed by atoms with Crippen molar-refractivity contribution in [1.29, 1.82) is 0 Å². The molecule has 0 radical (unpaired) electrons. The Morgan fingerprint density at radius 2 is 1.73 bits per heavy atom. The van der Waals surface area contributed by atoms with Gasteiger partial charge in [-0.15, -0.1) is 0 Å². The molecule has 1 aromatic carbocycles. The molecular weight excluding hydrogens is 418 g/mol. The van der Waals surface area contributed by atoms with Crippen molar-refractivity contribution in [3.8, 4) is 0 Å². The fourth-order valence-corrected chi connectivity index (χ4v) is 5.76. The maximum atomic E-state index is 12.7. The van der Waals surface area contributed by atoms with Gasteiger partial charge in [0.15, 0.2) is 0 Å². The number of carbonyl (C=O) groups is 2. The molecule has 2 amide bonds. The standard InChI is InChI=1S/C26H39N3O4/c1-4-32-24(30)28-13-9-21(10-14-28)17-27-15-11-26(12-16-27)19-29(25(31)33-20(2)3)18-22-7-5-6-8-23(22)26/h5-8,20-21H,4,9-19H2,1-3H3. The van der Waals surface area contributed by atoms with Crippen molar-refractivity contribution in [3.05, 3.63) is 35.4 Å². The van der Waals surface area contributed by atoms with Crippen molar-refractivity contribution in [3.63, 3.8) is 0 Å². The molecule has 0 bridgehead atoms. The Kier molecular flexibility index (Phi) is 7.47. The van der Waals surface area contributed by atoms with Crippen LogP contribution in [0.5, 0.6) is 0 Å². The molecule has 0 unspecified atom stereocenters. The van der Waals surface area contributed by atoms with Gasteiger partial charge in [0.05, 0.1) is 12.7 Å². The van der Waals surface area contributed by atoms with Gasteiger partial charge in [0.1, 0.15) is 0 Å². The highest BCUT2D eigenvalue weighted by Gasteiger charge is 2.43. The summed E-state index contributed by atoms with van der Waals surface area (Å²) < 4.78 is 10.7. The Morgan fingerprint density at radius 3 is 2.39 bits per heavy atom. The van der Waals surface area contributed by atoms with Crippen LogP contribution in [0.2, 0.25) is 0 Å². The second kappa shape index (κ2) is 10.3. The molecule has 2 saturated heterocycles. The van der Waals surface area contributed by atoms with E-state index < -0.39 is 0 Å². The van der Waals surface area contributed by atoms with Crippen LogP contribution in [0.15, 0.2) is 24.3 Å². The SMILES string of the molecule is CCOC(=O)N1CCC(CN2CCC3(CC2)CN(C(=O)OC(C)C)Cc2ccccc23)CC1. The number of likely N-dealkylation sites (tertiary alicyclic amines) is 2. The van der Waals surface area contributed by atoms with E-state index in [0.29, 0.717) is 19.1 Å². The first kappa shape index (κ1) is 23.9. The topological polar surface area (TPSA) is 62.3 Å². The molecule has 0 atom stereocenters. The average molecular weight is 458 g/mol. The average Bonchev–Trinajstić information content (AvgIpc) is 2.81. The van der Waals surface area contributed by atoms with Crippen LogP contribution in [0.3, 0.4) is 0 Å². The van der Waals surface area contributed by atoms with E-state index in [2.05, 4.69) is 29.2 Å². The summed E-state index contributed by atoms with van der Waals surface area (Å²) in [6.07, 6.45) is 3.70. The summed E-state index contributed by atoms with van der Waals surface area (Å²) in [6.45, 7) is 12.2. The molecule has 7 heteroatoms. The lowest BCUT2D eigenvalue weighted by Gasteiger charge is -2.49. The summed E-state index contributed by atoms with van der Waals surface area (Å²) in [6, 6.07) is 8.63. The normalized spacial score (nSPS) is 21.2. The number of piperidine rings is 2. The third-order valence-electron chi connectivity index (χ3n) is 7.51. The molecule has 0 aliphatic carbocycles. The van der Waals surface area contributed by atoms with E-state index in [-0.39, 0.29) is 23.7 Å². The summed E-state index contributed by atoms with van der Waals surface area (Å²) in [7, 11) is 0. The summed E-state index contributed by atoms with van der Waals surface area (Å²) in [5, 5.41) is 0. The monoisotopic (exact) mass is 457 g/mol. The number of nitrogens with zero attached hydrogens (tertiary/aromatic N) is 3. The van der Waals surface area contributed by atoms with Crippen LogP contribution in [0.25, 0.3) is 0 Å². The Bertz CT molecular complexity index is 827. The summed E-state index contributed by atoms with van der Waals surface area (Å²) >= 11 is 0. The van der Waals surface area contributed by atoms with E-state index in [4.69, 9.17) is 9.47 Å². The van der Waals surface area contributed by atoms with Gasteiger partial charge in [0, 0.05) is 38.1 Å². The predicted molar refractivity (Wildman–Crippen MR) is 127 cm³/mol. The van der Waals surface area contributed by atoms with E-state index in [1.165, 1.54) is 11.1 Å². The number of hydrogen-bond acceptors (Lipinski definition) is 5. The molecule has 4 rings (SSSR count). The first-order chi connectivity index (χ1) is 15.9. The van der Waals surface area contributed by atoms with E-state index in [9.17, 15) is 9.59 Å². The lowest BCUT2D eigenvalue weighted by Crippen LogP contribution is -2.54. The Balaban J connectivity index is 1.35. The van der Waals surface area contributed by atoms with Gasteiger partial charge in [-0.3, -0.25) is 0 Å². The number of carbonyl (C=O) groups excluding carboxylic acids is 2. The van der Waals surface area contributed by atoms with Crippen LogP contribution in [0.1, 0.15) is 57.6 Å². The fraction of sp³-hybridized carbons (Fsp3) is 0.692. The predicted octanol–water partition coefficient (Wildman–Crippen LogP) is 4.25. The molecule has 2 fully saturated rings. The number of hydrogen-bond donors (Lipinski definition) is 0. The summed E-state index contributed by atoms with van der Waals surface area (Å²) in [5.41, 5.74) is 2.68. The highest BCUT2D eigenvalue weighted by atomic mass is 16.6. The number of rotatable bonds is 4. The Morgan fingerprint density at radius 1 is 1.03 bits per heavy atom. The molecule has 182 valence electrons. The van der Waals surface area contributed by atoms with Gasteiger partial charge >= 0.3 is 12.2 Å². The van der Waals surface area contributed by atoms with Crippen LogP contribution in [-0.2, 0) is 21.4 Å². The van der Waals surface area contributed by atoms with Crippen LogP contribution < -0.4 is 0 Å². The number of fused-ring (bicyclic) bond motifs is 2. The largest absolute Gasteiger partial charge is 0.450 e. The van der Waals surface area contributed by atoms with E-state index in [1.807, 2.05) is 30.6 Å². The van der Waals surface area contributed by atoms with Crippen LogP contribution in [0, 0.1) is 5.92 Å². The van der Waals surface area contributed by atoms with Gasteiger partial charge in [0.25, 0.3) is 0 Å². The lowest BCUT2D eigenvalue weighted by atomic mass is 9.69. The van der Waals surface area contributed by atoms with E-state index in [1.54, 1.807) is 0 Å². The van der Waals surface area contributed by atoms with Crippen LogP contribution >= 0.6 is 0 Å². The minimum Gasteiger partial charge on any atom is -0.450 e. The molecule has 3 heterocycles. The summed E-state index contributed by atoms with van der Waals surface area (Å²) in [5.74, 6) is 0.626. The second-order valence-electron chi connectivity index (χ2n) is 10.2. The third-order valence-corrected chi connectivity index (χ3v) is 7.51. The van der Waals surface area contributed by atoms with Gasteiger partial charge in [-0.05, 0) is 76.6 Å². The third kappa shape index (κ3) is 5.45. The quantitative estimate of drug-likeness (QED) is 0.676. The van der Waals surface area contributed by atoms with Crippen molar-refractivity contribution in [2.75, 3.05) is 45.9 Å². The second-order valence-corrected chi connectivity index (χ2v) is 10.2. The molecule has 7 nitrogen and oxygen atoms in total. The number of ether oxygens (including phenoxy) is 2. The maximum Gasteiger partial charge on any atom is 0.410 e. The zero-order chi connectivity index (χ0) is 23.4. The maximum absolute atomic E-state index is 12.7. The van der Waals surface area contributed by atoms with Gasteiger partial charge < -0.3 is 24.2 Å². The molecule has 0 aromatic heterocycles. The first-order valence-electron chi connectivity index (χ1n) is 12.6. The summed E-state index contributed by atoms with van der Waals surface area (Å²) in [4.78, 5) is 31.0. The van der Waals surface area contributed by atoms with Gasteiger partial charge in [0.2, 0.25) is 0 Å². The first-order valence-corrected chi connectivity index (χ1v) is 12.6. The van der Waals surface area contributed by atoms with Crippen molar-refractivity contribution < 1.29 is 19.1 Å². The van der Waals surface area contributed by atoms with Crippen LogP contribution in [0.4, 0.5) is 9.59 Å². The van der Waals surface area contributed by atoms with Gasteiger partial charge in [-0.2, -0.15) is 0 Å². The Labute approximate surface area is 198 Å². The molecule has 1 aromatic rings. The van der Waals surface area contributed by atoms with E-state index >= 15 is 0 Å². The molecular formula is C26H39N3O4. The highest BCUT2D eigenvalue weighted by molar-refractivity contribution is 5.69. The Hall–Kier alpha value is -2.28. The minimum absolute atomic E-state index is 0.00855. The van der Waals surface area contributed by atoms with Crippen molar-refractivity contribution in [2.24, 2.45) is 5.92 Å². The fourth-order valence-electron chi connectivity index (χ4n) is 5.76. The molecule has 3 aliphatic heterocycles. The van der Waals surface area contributed by atoms with Crippen molar-refractivity contribution >= 4 is 12.2 Å². The van der Waals surface area contributed by atoms with Crippen molar-refractivity contribution in [2.45, 2.75) is 64.5 Å².